The number of H-pyrrole nitrogens is 2. The zero-order chi connectivity index (χ0) is 9.14. The Kier molecular flexibility index (Phi) is 2.70. The Morgan fingerprint density at radius 3 is 2.58 bits per heavy atom. The van der Waals surface area contributed by atoms with Crippen LogP contribution in [0.4, 0.5) is 0 Å². The molecule has 0 fully saturated rings. The van der Waals surface area contributed by atoms with Gasteiger partial charge in [-0.2, -0.15) is 0 Å². The molecule has 0 saturated carbocycles. The van der Waals surface area contributed by atoms with Gasteiger partial charge in [-0.3, -0.25) is 9.89 Å². The maximum absolute atomic E-state index is 10.7. The van der Waals surface area contributed by atoms with Crippen LogP contribution in [0.1, 0.15) is 32.0 Å². The van der Waals surface area contributed by atoms with Crippen molar-refractivity contribution in [2.75, 3.05) is 0 Å². The van der Waals surface area contributed by atoms with Gasteiger partial charge in [0.2, 0.25) is 0 Å². The highest BCUT2D eigenvalue weighted by atomic mass is 16.1. The van der Waals surface area contributed by atoms with Gasteiger partial charge in [-0.15, -0.1) is 0 Å². The Labute approximate surface area is 71.2 Å². The molecule has 12 heavy (non-hydrogen) atoms. The van der Waals surface area contributed by atoms with Crippen LogP contribution in [0.25, 0.3) is 0 Å². The van der Waals surface area contributed by atoms with Crippen LogP contribution in [0.2, 0.25) is 0 Å². The summed E-state index contributed by atoms with van der Waals surface area (Å²) in [6.07, 6.45) is 0.883. The predicted molar refractivity (Wildman–Crippen MR) is 47.8 cm³/mol. The predicted octanol–water partition coefficient (Wildman–Crippen LogP) is 0.749. The van der Waals surface area contributed by atoms with E-state index in [4.69, 9.17) is 5.73 Å². The van der Waals surface area contributed by atoms with E-state index >= 15 is 0 Å². The molecule has 0 amide bonds. The summed E-state index contributed by atoms with van der Waals surface area (Å²) in [5.74, 6) is 0.540. The van der Waals surface area contributed by atoms with Crippen molar-refractivity contribution in [3.63, 3.8) is 0 Å². The first-order valence-corrected chi connectivity index (χ1v) is 4.12. The minimum atomic E-state index is -0.121. The summed E-state index contributed by atoms with van der Waals surface area (Å²) in [5, 5.41) is 5.21. The van der Waals surface area contributed by atoms with E-state index in [1.807, 2.05) is 0 Å². The second kappa shape index (κ2) is 3.58. The smallest absolute Gasteiger partial charge is 0.264 e. The molecule has 0 aliphatic rings. The Balaban J connectivity index is 2.65. The van der Waals surface area contributed by atoms with Gasteiger partial charge in [-0.25, -0.2) is 0 Å². The first-order valence-electron chi connectivity index (χ1n) is 4.12. The van der Waals surface area contributed by atoms with E-state index < -0.39 is 0 Å². The van der Waals surface area contributed by atoms with Crippen molar-refractivity contribution in [1.82, 2.24) is 10.2 Å². The van der Waals surface area contributed by atoms with Gasteiger partial charge in [0.15, 0.2) is 0 Å². The van der Waals surface area contributed by atoms with Crippen LogP contribution < -0.4 is 11.3 Å². The molecule has 0 aromatic carbocycles. The summed E-state index contributed by atoms with van der Waals surface area (Å²) < 4.78 is 0. The van der Waals surface area contributed by atoms with Gasteiger partial charge in [0.05, 0.1) is 5.69 Å². The van der Waals surface area contributed by atoms with Crippen molar-refractivity contribution < 1.29 is 0 Å². The number of aromatic nitrogens is 2. The quantitative estimate of drug-likeness (QED) is 0.624. The Bertz CT molecular complexity index is 286. The maximum Gasteiger partial charge on any atom is 0.264 e. The van der Waals surface area contributed by atoms with Crippen LogP contribution in [0.5, 0.6) is 0 Å². The molecule has 4 N–H and O–H groups in total. The minimum absolute atomic E-state index is 0.0658. The number of nitrogens with two attached hydrogens (primary N) is 1. The van der Waals surface area contributed by atoms with Crippen LogP contribution in [0, 0.1) is 5.92 Å². The molecule has 1 atom stereocenters. The lowest BCUT2D eigenvalue weighted by Gasteiger charge is -2.11. The number of aromatic amines is 2. The molecule has 0 spiro atoms. The fourth-order valence-corrected chi connectivity index (χ4v) is 1.18. The van der Waals surface area contributed by atoms with Crippen molar-refractivity contribution in [2.45, 2.75) is 26.3 Å². The monoisotopic (exact) mass is 169 g/mol. The van der Waals surface area contributed by atoms with E-state index in [0.717, 1.165) is 12.1 Å². The molecule has 1 aromatic heterocycles. The SMILES string of the molecule is CC(C)C[C@@H](N)c1cc(=O)[nH][nH]1. The van der Waals surface area contributed by atoms with Gasteiger partial charge in [-0.1, -0.05) is 13.8 Å². The first-order chi connectivity index (χ1) is 5.59. The summed E-state index contributed by atoms with van der Waals surface area (Å²) in [5.41, 5.74) is 6.48. The zero-order valence-corrected chi connectivity index (χ0v) is 7.42. The van der Waals surface area contributed by atoms with E-state index in [9.17, 15) is 4.79 Å². The van der Waals surface area contributed by atoms with Crippen LogP contribution in [-0.4, -0.2) is 10.2 Å². The fourth-order valence-electron chi connectivity index (χ4n) is 1.18. The number of rotatable bonds is 3. The van der Waals surface area contributed by atoms with Crippen molar-refractivity contribution in [3.8, 4) is 0 Å². The van der Waals surface area contributed by atoms with Gasteiger partial charge in [0.1, 0.15) is 0 Å². The van der Waals surface area contributed by atoms with Crippen LogP contribution in [-0.2, 0) is 0 Å². The number of nitrogens with one attached hydrogen (secondary N) is 2. The summed E-state index contributed by atoms with van der Waals surface area (Å²) in [6, 6.07) is 1.44. The van der Waals surface area contributed by atoms with Gasteiger partial charge in [-0.05, 0) is 12.3 Å². The molecule has 0 aliphatic heterocycles. The van der Waals surface area contributed by atoms with Crippen LogP contribution in [0.15, 0.2) is 10.9 Å². The molecule has 4 heteroatoms. The maximum atomic E-state index is 10.7. The molecule has 4 nitrogen and oxygen atoms in total. The second-order valence-corrected chi connectivity index (χ2v) is 3.45. The Morgan fingerprint density at radius 1 is 1.50 bits per heavy atom. The fraction of sp³-hybridized carbons (Fsp3) is 0.625. The molecule has 0 saturated heterocycles. The molecule has 0 bridgehead atoms. The third-order valence-corrected chi connectivity index (χ3v) is 1.74. The minimum Gasteiger partial charge on any atom is -0.323 e. The van der Waals surface area contributed by atoms with Gasteiger partial charge >= 0.3 is 0 Å². The number of hydrogen-bond acceptors (Lipinski definition) is 2. The molecule has 0 radical (unpaired) electrons. The average Bonchev–Trinajstić information content (AvgIpc) is 2.34. The second-order valence-electron chi connectivity index (χ2n) is 3.45. The van der Waals surface area contributed by atoms with Gasteiger partial charge < -0.3 is 10.8 Å². The lowest BCUT2D eigenvalue weighted by molar-refractivity contribution is 0.501. The van der Waals surface area contributed by atoms with E-state index in [2.05, 4.69) is 24.0 Å². The average molecular weight is 169 g/mol. The molecule has 68 valence electrons. The third-order valence-electron chi connectivity index (χ3n) is 1.74. The van der Waals surface area contributed by atoms with Crippen LogP contribution in [0.3, 0.4) is 0 Å². The highest BCUT2D eigenvalue weighted by molar-refractivity contribution is 5.03. The summed E-state index contributed by atoms with van der Waals surface area (Å²) >= 11 is 0. The summed E-state index contributed by atoms with van der Waals surface area (Å²) in [7, 11) is 0. The van der Waals surface area contributed by atoms with Crippen molar-refractivity contribution in [1.29, 1.82) is 0 Å². The third kappa shape index (κ3) is 2.23. The Hall–Kier alpha value is -1.03. The van der Waals surface area contributed by atoms with Crippen molar-refractivity contribution >= 4 is 0 Å². The van der Waals surface area contributed by atoms with Crippen LogP contribution >= 0.6 is 0 Å². The summed E-state index contributed by atoms with van der Waals surface area (Å²) in [4.78, 5) is 10.7. The summed E-state index contributed by atoms with van der Waals surface area (Å²) in [6.45, 7) is 4.20. The highest BCUT2D eigenvalue weighted by Crippen LogP contribution is 2.14. The van der Waals surface area contributed by atoms with E-state index in [1.165, 1.54) is 6.07 Å². The van der Waals surface area contributed by atoms with Crippen molar-refractivity contribution in [2.24, 2.45) is 11.7 Å². The highest BCUT2D eigenvalue weighted by Gasteiger charge is 2.09. The van der Waals surface area contributed by atoms with E-state index in [0.29, 0.717) is 5.92 Å². The van der Waals surface area contributed by atoms with Gasteiger partial charge in [0, 0.05) is 12.1 Å². The number of hydrogen-bond donors (Lipinski definition) is 3. The topological polar surface area (TPSA) is 74.7 Å². The standard InChI is InChI=1S/C8H15N3O/c1-5(2)3-6(9)7-4-8(12)11-10-7/h4-6H,3,9H2,1-2H3,(H2,10,11,12)/t6-/m1/s1. The zero-order valence-electron chi connectivity index (χ0n) is 7.42. The lowest BCUT2D eigenvalue weighted by Crippen LogP contribution is -2.13. The molecule has 0 aliphatic carbocycles. The van der Waals surface area contributed by atoms with Crippen molar-refractivity contribution in [3.05, 3.63) is 22.1 Å². The normalized spacial score (nSPS) is 13.7. The first kappa shape index (κ1) is 9.06. The lowest BCUT2D eigenvalue weighted by atomic mass is 10.0. The molecular formula is C8H15N3O. The molecular weight excluding hydrogens is 154 g/mol. The van der Waals surface area contributed by atoms with E-state index in [-0.39, 0.29) is 11.6 Å². The van der Waals surface area contributed by atoms with Gasteiger partial charge in [0.25, 0.3) is 5.56 Å². The molecule has 0 unspecified atom stereocenters. The largest absolute Gasteiger partial charge is 0.323 e. The Morgan fingerprint density at radius 2 is 2.17 bits per heavy atom. The molecule has 1 heterocycles. The molecule has 1 aromatic rings. The molecule has 1 rings (SSSR count). The van der Waals surface area contributed by atoms with E-state index in [1.54, 1.807) is 0 Å².